The van der Waals surface area contributed by atoms with E-state index in [2.05, 4.69) is 20.8 Å². The van der Waals surface area contributed by atoms with Crippen LogP contribution in [0.4, 0.5) is 0 Å². The fourth-order valence-corrected chi connectivity index (χ4v) is 1.80. The maximum absolute atomic E-state index is 10.6. The first-order valence-corrected chi connectivity index (χ1v) is 8.67. The van der Waals surface area contributed by atoms with E-state index in [0.717, 1.165) is 11.5 Å². The second-order valence-electron chi connectivity index (χ2n) is 4.60. The van der Waals surface area contributed by atoms with E-state index in [4.69, 9.17) is 0 Å². The van der Waals surface area contributed by atoms with E-state index in [9.17, 15) is 4.79 Å². The molecule has 0 fully saturated rings. The van der Waals surface area contributed by atoms with Crippen molar-refractivity contribution >= 4 is 5.78 Å². The molecule has 0 heterocycles. The molecule has 0 aromatic heterocycles. The molecular weight excluding hydrogens is 256 g/mol. The highest BCUT2D eigenvalue weighted by Gasteiger charge is 1.95. The Bertz CT molecular complexity index is 284. The van der Waals surface area contributed by atoms with Gasteiger partial charge < -0.3 is 0 Å². The molecule has 0 aliphatic heterocycles. The first-order valence-electron chi connectivity index (χ1n) is 8.67. The molecule has 0 radical (unpaired) electrons. The lowest BCUT2D eigenvalue weighted by Crippen LogP contribution is -1.91. The van der Waals surface area contributed by atoms with E-state index in [1.165, 1.54) is 25.7 Å². The smallest absolute Gasteiger partial charge is 0.159 e. The van der Waals surface area contributed by atoms with E-state index in [1.807, 2.05) is 58.0 Å². The number of rotatable bonds is 5. The van der Waals surface area contributed by atoms with Crippen LogP contribution >= 0.6 is 0 Å². The Kier molecular flexibility index (Phi) is 25.1. The van der Waals surface area contributed by atoms with Crippen molar-refractivity contribution in [1.29, 1.82) is 0 Å². The van der Waals surface area contributed by atoms with Gasteiger partial charge in [-0.05, 0) is 12.8 Å². The zero-order valence-electron chi connectivity index (χ0n) is 15.7. The van der Waals surface area contributed by atoms with Gasteiger partial charge in [-0.2, -0.15) is 0 Å². The van der Waals surface area contributed by atoms with E-state index >= 15 is 0 Å². The van der Waals surface area contributed by atoms with Crippen molar-refractivity contribution in [3.05, 3.63) is 35.9 Å². The zero-order chi connectivity index (χ0) is 17.1. The normalized spacial score (nSPS) is 8.43. The summed E-state index contributed by atoms with van der Waals surface area (Å²) in [5.74, 6) is 1.08. The van der Waals surface area contributed by atoms with Crippen LogP contribution in [0.25, 0.3) is 0 Å². The Morgan fingerprint density at radius 1 is 0.905 bits per heavy atom. The minimum atomic E-state index is 0.121. The molecule has 0 amide bonds. The number of Topliss-reactive ketones (excluding diaryl/α,β-unsaturated/α-hetero) is 1. The average Bonchev–Trinajstić information content (AvgIpc) is 2.53. The molecule has 0 atom stereocenters. The second kappa shape index (κ2) is 21.2. The van der Waals surface area contributed by atoms with E-state index in [-0.39, 0.29) is 5.78 Å². The molecule has 0 bridgehead atoms. The summed E-state index contributed by atoms with van der Waals surface area (Å²) in [5, 5.41) is 0. The fraction of sp³-hybridized carbons (Fsp3) is 0.650. The molecule has 1 aromatic rings. The van der Waals surface area contributed by atoms with Gasteiger partial charge in [-0.3, -0.25) is 4.79 Å². The Balaban J connectivity index is -0.000000251. The van der Waals surface area contributed by atoms with Crippen LogP contribution in [0.15, 0.2) is 30.3 Å². The summed E-state index contributed by atoms with van der Waals surface area (Å²) in [6.45, 7) is 16.4. The molecule has 1 heteroatoms. The van der Waals surface area contributed by atoms with Crippen LogP contribution in [-0.2, 0) is 0 Å². The van der Waals surface area contributed by atoms with Gasteiger partial charge in [0.2, 0.25) is 0 Å². The van der Waals surface area contributed by atoms with Crippen molar-refractivity contribution in [3.63, 3.8) is 0 Å². The van der Waals surface area contributed by atoms with Crippen molar-refractivity contribution in [2.45, 2.75) is 81.1 Å². The molecule has 1 aromatic carbocycles. The predicted octanol–water partition coefficient (Wildman–Crippen LogP) is 7.16. The van der Waals surface area contributed by atoms with E-state index in [1.54, 1.807) is 6.92 Å². The predicted molar refractivity (Wildman–Crippen MR) is 98.1 cm³/mol. The molecule has 1 nitrogen and oxygen atoms in total. The minimum absolute atomic E-state index is 0.121. The van der Waals surface area contributed by atoms with Crippen LogP contribution in [0.3, 0.4) is 0 Å². The highest BCUT2D eigenvalue weighted by atomic mass is 16.1. The van der Waals surface area contributed by atoms with Crippen LogP contribution in [-0.4, -0.2) is 5.78 Å². The summed E-state index contributed by atoms with van der Waals surface area (Å²) in [7, 11) is 0. The number of carbonyl (C=O) groups is 1. The highest BCUT2D eigenvalue weighted by molar-refractivity contribution is 5.93. The van der Waals surface area contributed by atoms with Crippen LogP contribution < -0.4 is 0 Å². The molecule has 0 aliphatic carbocycles. The van der Waals surface area contributed by atoms with E-state index in [0.29, 0.717) is 0 Å². The summed E-state index contributed by atoms with van der Waals surface area (Å²) in [5.41, 5.74) is 0.775. The first-order chi connectivity index (χ1) is 10.1. The van der Waals surface area contributed by atoms with Gasteiger partial charge in [-0.15, -0.1) is 0 Å². The van der Waals surface area contributed by atoms with Crippen LogP contribution in [0.1, 0.15) is 91.4 Å². The van der Waals surface area contributed by atoms with E-state index < -0.39 is 0 Å². The molecule has 1 rings (SSSR count). The van der Waals surface area contributed by atoms with Crippen molar-refractivity contribution in [2.75, 3.05) is 0 Å². The molecule has 21 heavy (non-hydrogen) atoms. The molecule has 0 aliphatic rings. The topological polar surface area (TPSA) is 17.1 Å². The van der Waals surface area contributed by atoms with Crippen molar-refractivity contribution in [3.8, 4) is 0 Å². The van der Waals surface area contributed by atoms with Crippen LogP contribution in [0.2, 0.25) is 0 Å². The first kappa shape index (κ1) is 24.9. The Labute approximate surface area is 134 Å². The Morgan fingerprint density at radius 3 is 1.52 bits per heavy atom. The number of hydrogen-bond donors (Lipinski definition) is 0. The molecule has 0 saturated heterocycles. The summed E-state index contributed by atoms with van der Waals surface area (Å²) >= 11 is 0. The third-order valence-electron chi connectivity index (χ3n) is 2.74. The van der Waals surface area contributed by atoms with Gasteiger partial charge in [0.05, 0.1) is 0 Å². The maximum Gasteiger partial charge on any atom is 0.159 e. The number of hydrogen-bond acceptors (Lipinski definition) is 1. The van der Waals surface area contributed by atoms with Gasteiger partial charge in [-0.25, -0.2) is 0 Å². The molecule has 124 valence electrons. The summed E-state index contributed by atoms with van der Waals surface area (Å²) in [6.07, 6.45) is 5.52. The van der Waals surface area contributed by atoms with Crippen LogP contribution in [0.5, 0.6) is 0 Å². The molecule has 0 unspecified atom stereocenters. The standard InChI is InChI=1S/C8H8O.C8H18.2C2H6/c1-7(9)8-5-3-2-4-6-8;1-4-6-8(3)7-5-2;2*1-2/h2-6H,1H3;8H,4-7H2,1-3H3;2*1-2H3. The third-order valence-corrected chi connectivity index (χ3v) is 2.74. The minimum Gasteiger partial charge on any atom is -0.295 e. The van der Waals surface area contributed by atoms with Crippen molar-refractivity contribution in [2.24, 2.45) is 5.92 Å². The lowest BCUT2D eigenvalue weighted by Gasteiger charge is -2.05. The lowest BCUT2D eigenvalue weighted by atomic mass is 10.0. The number of ketones is 1. The fourth-order valence-electron chi connectivity index (χ4n) is 1.80. The largest absolute Gasteiger partial charge is 0.295 e. The summed E-state index contributed by atoms with van der Waals surface area (Å²) < 4.78 is 0. The second-order valence-corrected chi connectivity index (χ2v) is 4.60. The number of benzene rings is 1. The van der Waals surface area contributed by atoms with Crippen LogP contribution in [0, 0.1) is 5.92 Å². The van der Waals surface area contributed by atoms with Gasteiger partial charge in [-0.1, -0.05) is 104 Å². The third kappa shape index (κ3) is 18.9. The molecular formula is C20H38O. The molecule has 0 spiro atoms. The monoisotopic (exact) mass is 294 g/mol. The SMILES string of the molecule is CC.CC.CC(=O)c1ccccc1.CCCC(C)CCC. The van der Waals surface area contributed by atoms with Gasteiger partial charge in [0.1, 0.15) is 0 Å². The number of carbonyl (C=O) groups excluding carboxylic acids is 1. The van der Waals surface area contributed by atoms with Gasteiger partial charge in [0, 0.05) is 5.56 Å². The average molecular weight is 295 g/mol. The molecule has 0 saturated carbocycles. The quantitative estimate of drug-likeness (QED) is 0.526. The highest BCUT2D eigenvalue weighted by Crippen LogP contribution is 2.10. The van der Waals surface area contributed by atoms with Crippen molar-refractivity contribution in [1.82, 2.24) is 0 Å². The molecule has 0 N–H and O–H groups in total. The zero-order valence-corrected chi connectivity index (χ0v) is 15.7. The van der Waals surface area contributed by atoms with Gasteiger partial charge >= 0.3 is 0 Å². The van der Waals surface area contributed by atoms with Gasteiger partial charge in [0.15, 0.2) is 5.78 Å². The summed E-state index contributed by atoms with van der Waals surface area (Å²) in [4.78, 5) is 10.6. The maximum atomic E-state index is 10.6. The lowest BCUT2D eigenvalue weighted by molar-refractivity contribution is 0.101. The Morgan fingerprint density at radius 2 is 1.29 bits per heavy atom. The Hall–Kier alpha value is -1.11. The van der Waals surface area contributed by atoms with Gasteiger partial charge in [0.25, 0.3) is 0 Å². The van der Waals surface area contributed by atoms with Crippen molar-refractivity contribution < 1.29 is 4.79 Å². The summed E-state index contributed by atoms with van der Waals surface area (Å²) in [6, 6.07) is 9.23.